The molecule has 200 valence electrons. The molecule has 2 unspecified atom stereocenters. The number of hydrogen-bond acceptors (Lipinski definition) is 8. The van der Waals surface area contributed by atoms with Crippen molar-refractivity contribution in [2.75, 3.05) is 19.6 Å². The van der Waals surface area contributed by atoms with Crippen molar-refractivity contribution in [2.24, 2.45) is 0 Å². The van der Waals surface area contributed by atoms with Gasteiger partial charge in [0.25, 0.3) is 0 Å². The van der Waals surface area contributed by atoms with Gasteiger partial charge in [0.1, 0.15) is 17.2 Å². The maximum atomic E-state index is 9.86. The molecule has 1 aliphatic rings. The fourth-order valence-electron chi connectivity index (χ4n) is 4.15. The number of fused-ring (bicyclic) bond motifs is 1. The van der Waals surface area contributed by atoms with Crippen molar-refractivity contribution in [2.45, 2.75) is 44.8 Å². The molecule has 8 N–H and O–H groups in total. The molecule has 4 rings (SSSR count). The van der Waals surface area contributed by atoms with Crippen molar-refractivity contribution < 1.29 is 30.6 Å². The number of nitrogens with one attached hydrogen (secondary N) is 2. The van der Waals surface area contributed by atoms with E-state index in [0.29, 0.717) is 25.1 Å². The van der Waals surface area contributed by atoms with Crippen LogP contribution in [-0.2, 0) is 6.42 Å². The van der Waals surface area contributed by atoms with Gasteiger partial charge in [0.2, 0.25) is 0 Å². The predicted molar refractivity (Wildman–Crippen MR) is 144 cm³/mol. The second kappa shape index (κ2) is 11.9. The molecule has 37 heavy (non-hydrogen) atoms. The number of aromatic hydroxyl groups is 5. The largest absolute Gasteiger partial charge is 0.508 e. The smallest absolute Gasteiger partial charge is 0.176 e. The van der Waals surface area contributed by atoms with Crippen LogP contribution in [0.1, 0.15) is 55.0 Å². The predicted octanol–water partition coefficient (Wildman–Crippen LogP) is 4.25. The molecule has 0 amide bonds. The average molecular weight is 531 g/mol. The van der Waals surface area contributed by atoms with E-state index in [9.17, 15) is 30.6 Å². The van der Waals surface area contributed by atoms with E-state index in [1.807, 2.05) is 32.9 Å². The Hall–Kier alpha value is -3.17. The van der Waals surface area contributed by atoms with E-state index in [-0.39, 0.29) is 45.2 Å². The highest BCUT2D eigenvalue weighted by Gasteiger charge is 2.25. The third kappa shape index (κ3) is 7.66. The molecule has 3 aromatic carbocycles. The van der Waals surface area contributed by atoms with Gasteiger partial charge >= 0.3 is 0 Å². The van der Waals surface area contributed by atoms with Gasteiger partial charge < -0.3 is 41.3 Å². The Morgan fingerprint density at radius 2 is 1.57 bits per heavy atom. The highest BCUT2D eigenvalue weighted by atomic mass is 35.5. The first-order chi connectivity index (χ1) is 17.4. The maximum Gasteiger partial charge on any atom is 0.176 e. The molecule has 0 aliphatic carbocycles. The summed E-state index contributed by atoms with van der Waals surface area (Å²) in [6, 6.07) is 12.7. The van der Waals surface area contributed by atoms with Crippen LogP contribution < -0.4 is 10.6 Å². The lowest BCUT2D eigenvalue weighted by molar-refractivity contribution is 0.162. The summed E-state index contributed by atoms with van der Waals surface area (Å²) in [5, 5.41) is 64.2. The number of aliphatic hydroxyl groups excluding tert-OH is 1. The van der Waals surface area contributed by atoms with Crippen LogP contribution in [0.2, 0.25) is 5.02 Å². The lowest BCUT2D eigenvalue weighted by Crippen LogP contribution is -2.38. The number of halogens is 1. The minimum absolute atomic E-state index is 0.00657. The van der Waals surface area contributed by atoms with Gasteiger partial charge in [-0.25, -0.2) is 0 Å². The summed E-state index contributed by atoms with van der Waals surface area (Å²) in [5.74, 6) is -0.347. The summed E-state index contributed by atoms with van der Waals surface area (Å²) in [6.45, 7) is 7.83. The van der Waals surface area contributed by atoms with Crippen molar-refractivity contribution in [1.29, 1.82) is 0 Å². The van der Waals surface area contributed by atoms with Gasteiger partial charge in [0.15, 0.2) is 11.5 Å². The summed E-state index contributed by atoms with van der Waals surface area (Å²) < 4.78 is 0. The van der Waals surface area contributed by atoms with Crippen molar-refractivity contribution in [3.8, 4) is 28.7 Å². The Morgan fingerprint density at radius 1 is 0.946 bits per heavy atom. The monoisotopic (exact) mass is 530 g/mol. The second-order valence-electron chi connectivity index (χ2n) is 10.2. The number of rotatable bonds is 4. The van der Waals surface area contributed by atoms with Gasteiger partial charge in [-0.15, -0.1) is 0 Å². The van der Waals surface area contributed by atoms with Crippen LogP contribution in [0.4, 0.5) is 0 Å². The molecule has 0 saturated carbocycles. The number of hydrogen-bond donors (Lipinski definition) is 8. The van der Waals surface area contributed by atoms with Crippen molar-refractivity contribution in [1.82, 2.24) is 10.6 Å². The normalized spacial score (nSPS) is 16.2. The lowest BCUT2D eigenvalue weighted by atomic mass is 9.87. The summed E-state index contributed by atoms with van der Waals surface area (Å²) in [6.07, 6.45) is -0.0615. The zero-order chi connectivity index (χ0) is 27.3. The molecular formula is C28H35ClN2O6. The zero-order valence-corrected chi connectivity index (χ0v) is 21.9. The van der Waals surface area contributed by atoms with Crippen LogP contribution in [0, 0.1) is 0 Å². The quantitative estimate of drug-likeness (QED) is 0.234. The van der Waals surface area contributed by atoms with E-state index in [1.165, 1.54) is 18.2 Å². The number of phenolic OH excluding ortho intramolecular Hbond substituents is 5. The molecule has 8 nitrogen and oxygen atoms in total. The Balaban J connectivity index is 0.000000214. The van der Waals surface area contributed by atoms with Crippen LogP contribution in [0.3, 0.4) is 0 Å². The van der Waals surface area contributed by atoms with Gasteiger partial charge in [-0.1, -0.05) is 23.7 Å². The summed E-state index contributed by atoms with van der Waals surface area (Å²) in [4.78, 5) is 0. The number of aliphatic hydroxyl groups is 1. The highest BCUT2D eigenvalue weighted by molar-refractivity contribution is 6.33. The van der Waals surface area contributed by atoms with Gasteiger partial charge in [-0.3, -0.25) is 0 Å². The van der Waals surface area contributed by atoms with Crippen molar-refractivity contribution in [3.05, 3.63) is 75.8 Å². The molecular weight excluding hydrogens is 496 g/mol. The first-order valence-electron chi connectivity index (χ1n) is 12.0. The summed E-state index contributed by atoms with van der Waals surface area (Å²) >= 11 is 6.19. The molecule has 0 saturated heterocycles. The third-order valence-corrected chi connectivity index (χ3v) is 6.47. The van der Waals surface area contributed by atoms with E-state index in [4.69, 9.17) is 11.6 Å². The van der Waals surface area contributed by atoms with E-state index >= 15 is 0 Å². The van der Waals surface area contributed by atoms with Crippen LogP contribution in [0.5, 0.6) is 28.7 Å². The molecule has 1 heterocycles. The minimum atomic E-state index is -0.753. The SMILES string of the molecule is CC(C)(C)NCC(O)c1cc(O)cc(O)c1.Oc1ccc(C2CNCCc3c2cc(O)c(O)c3Cl)cc1. The number of phenols is 5. The Morgan fingerprint density at radius 3 is 2.16 bits per heavy atom. The molecule has 0 fully saturated rings. The molecule has 0 spiro atoms. The minimum Gasteiger partial charge on any atom is -0.508 e. The lowest BCUT2D eigenvalue weighted by Gasteiger charge is -2.23. The molecule has 2 atom stereocenters. The summed E-state index contributed by atoms with van der Waals surface area (Å²) in [7, 11) is 0. The van der Waals surface area contributed by atoms with Crippen molar-refractivity contribution >= 4 is 11.6 Å². The van der Waals surface area contributed by atoms with Gasteiger partial charge in [0, 0.05) is 30.6 Å². The molecule has 0 aromatic heterocycles. The molecule has 9 heteroatoms. The number of benzene rings is 3. The van der Waals surface area contributed by atoms with Gasteiger partial charge in [0.05, 0.1) is 11.1 Å². The first-order valence-corrected chi connectivity index (χ1v) is 12.4. The van der Waals surface area contributed by atoms with Gasteiger partial charge in [-0.2, -0.15) is 0 Å². The molecule has 0 radical (unpaired) electrons. The van der Waals surface area contributed by atoms with E-state index in [1.54, 1.807) is 18.2 Å². The second-order valence-corrected chi connectivity index (χ2v) is 10.5. The molecule has 3 aromatic rings. The van der Waals surface area contributed by atoms with Crippen LogP contribution in [0.25, 0.3) is 0 Å². The Kier molecular flexibility index (Phi) is 9.15. The molecule has 1 aliphatic heterocycles. The zero-order valence-electron chi connectivity index (χ0n) is 21.2. The first kappa shape index (κ1) is 28.4. The fraction of sp³-hybridized carbons (Fsp3) is 0.357. The van der Waals surface area contributed by atoms with Crippen molar-refractivity contribution in [3.63, 3.8) is 0 Å². The van der Waals surface area contributed by atoms with E-state index in [0.717, 1.165) is 23.2 Å². The Labute approximate surface area is 221 Å². The molecule has 0 bridgehead atoms. The van der Waals surface area contributed by atoms with Crippen LogP contribution in [-0.4, -0.2) is 55.8 Å². The third-order valence-electron chi connectivity index (χ3n) is 6.06. The average Bonchev–Trinajstić information content (AvgIpc) is 3.03. The van der Waals surface area contributed by atoms with Crippen LogP contribution in [0.15, 0.2) is 48.5 Å². The van der Waals surface area contributed by atoms with E-state index in [2.05, 4.69) is 10.6 Å². The highest BCUT2D eigenvalue weighted by Crippen LogP contribution is 2.42. The number of β-amino-alcohol motifs (C(OH)–C–C–N with tert-alkyl or cyclic N) is 1. The van der Waals surface area contributed by atoms with E-state index < -0.39 is 6.10 Å². The topological polar surface area (TPSA) is 145 Å². The summed E-state index contributed by atoms with van der Waals surface area (Å²) in [5.41, 5.74) is 3.19. The van der Waals surface area contributed by atoms with Gasteiger partial charge in [-0.05, 0) is 86.3 Å². The fourth-order valence-corrected chi connectivity index (χ4v) is 4.46. The Bertz CT molecular complexity index is 1190. The van der Waals surface area contributed by atoms with Crippen LogP contribution >= 0.6 is 11.6 Å². The maximum absolute atomic E-state index is 9.86. The standard InChI is InChI=1S/C16H16ClNO3.C12H19NO3/c17-15-11-5-6-18-8-13(9-1-3-10(19)4-2-9)12(11)7-14(20)16(15)21;1-12(2,3)13-7-11(16)8-4-9(14)6-10(15)5-8/h1-4,7,13,18-21H,5-6,8H2;4-6,11,13-16H,7H2,1-3H3.